The van der Waals surface area contributed by atoms with E-state index >= 15 is 0 Å². The van der Waals surface area contributed by atoms with Crippen LogP contribution in [0.5, 0.6) is 0 Å². The fraction of sp³-hybridized carbons (Fsp3) is 0.889. The van der Waals surface area contributed by atoms with Crippen molar-refractivity contribution in [3.05, 3.63) is 0 Å². The van der Waals surface area contributed by atoms with Crippen molar-refractivity contribution < 1.29 is 17.0 Å². The number of nitrogens with zero attached hydrogens (tertiary/aromatic N) is 3. The fourth-order valence-electron chi connectivity index (χ4n) is 2.57. The summed E-state index contributed by atoms with van der Waals surface area (Å²) in [7, 11) is 0. The molecule has 0 amide bonds. The van der Waals surface area contributed by atoms with Gasteiger partial charge in [-0.25, -0.2) is 0 Å². The molecule has 4 nitrogen and oxygen atoms in total. The van der Waals surface area contributed by atoms with Gasteiger partial charge in [-0.2, -0.15) is 0 Å². The Balaban J connectivity index is 0.000000750. The lowest BCUT2D eigenvalue weighted by Crippen LogP contribution is -3.00. The van der Waals surface area contributed by atoms with E-state index in [-0.39, 0.29) is 12.4 Å². The first-order valence-corrected chi connectivity index (χ1v) is 5.28. The third-order valence-corrected chi connectivity index (χ3v) is 3.25. The number of nitrogens with one attached hydrogen (secondary N) is 1. The topological polar surface area (TPSA) is 21.5 Å². The number of guanidine groups is 1. The van der Waals surface area contributed by atoms with Crippen LogP contribution >= 0.6 is 0 Å². The molecule has 0 aliphatic carbocycles. The zero-order chi connectivity index (χ0) is 8.67. The molecule has 0 saturated carbocycles. The summed E-state index contributed by atoms with van der Waals surface area (Å²) in [4.78, 5) is 5.06. The third kappa shape index (κ3) is 1.46. The summed E-state index contributed by atoms with van der Waals surface area (Å²) >= 11 is 0. The number of rotatable bonds is 0. The Bertz CT molecular complexity index is 253. The van der Waals surface area contributed by atoms with E-state index in [1.54, 1.807) is 0 Å². The molecule has 0 radical (unpaired) electrons. The van der Waals surface area contributed by atoms with E-state index in [4.69, 9.17) is 0 Å². The van der Waals surface area contributed by atoms with E-state index in [1.807, 2.05) is 0 Å². The maximum atomic E-state index is 3.47. The highest BCUT2D eigenvalue weighted by Crippen LogP contribution is 2.13. The lowest BCUT2D eigenvalue weighted by Gasteiger charge is -2.18. The van der Waals surface area contributed by atoms with Crippen molar-refractivity contribution in [1.82, 2.24) is 15.1 Å². The van der Waals surface area contributed by atoms with Crippen molar-refractivity contribution in [2.24, 2.45) is 0 Å². The minimum atomic E-state index is 0. The largest absolute Gasteiger partial charge is 1.00 e. The Hall–Kier alpha value is -0.480. The van der Waals surface area contributed by atoms with Gasteiger partial charge in [-0.05, 0) is 0 Å². The molecule has 3 heterocycles. The minimum absolute atomic E-state index is 0. The first-order chi connectivity index (χ1) is 6.45. The molecule has 5 heteroatoms. The lowest BCUT2D eigenvalue weighted by atomic mass is 10.4. The molecular formula is C9H17ClN4. The first-order valence-electron chi connectivity index (χ1n) is 5.28. The van der Waals surface area contributed by atoms with Crippen molar-refractivity contribution >= 4 is 5.96 Å². The number of hydrogen-bond donors (Lipinski definition) is 1. The monoisotopic (exact) mass is 216 g/mol. The average molecular weight is 217 g/mol. The van der Waals surface area contributed by atoms with E-state index in [1.165, 1.54) is 45.2 Å². The van der Waals surface area contributed by atoms with Gasteiger partial charge >= 0.3 is 5.96 Å². The van der Waals surface area contributed by atoms with Crippen LogP contribution in [0.2, 0.25) is 0 Å². The Morgan fingerprint density at radius 3 is 2.57 bits per heavy atom. The molecule has 0 unspecified atom stereocenters. The second-order valence-electron chi connectivity index (χ2n) is 4.01. The molecule has 3 rings (SSSR count). The van der Waals surface area contributed by atoms with E-state index in [0.717, 1.165) is 13.1 Å². The molecule has 0 bridgehead atoms. The van der Waals surface area contributed by atoms with Gasteiger partial charge < -0.3 is 17.7 Å². The summed E-state index contributed by atoms with van der Waals surface area (Å²) in [6.07, 6.45) is 0. The first kappa shape index (κ1) is 10.1. The van der Waals surface area contributed by atoms with Gasteiger partial charge in [0.1, 0.15) is 0 Å². The second kappa shape index (κ2) is 3.95. The van der Waals surface area contributed by atoms with Crippen LogP contribution in [0.4, 0.5) is 0 Å². The van der Waals surface area contributed by atoms with Gasteiger partial charge in [0.05, 0.1) is 39.3 Å². The van der Waals surface area contributed by atoms with Crippen molar-refractivity contribution in [3.8, 4) is 0 Å². The van der Waals surface area contributed by atoms with Gasteiger partial charge in [0.2, 0.25) is 0 Å². The van der Waals surface area contributed by atoms with Crippen LogP contribution in [0.1, 0.15) is 0 Å². The van der Waals surface area contributed by atoms with Crippen molar-refractivity contribution in [2.45, 2.75) is 0 Å². The van der Waals surface area contributed by atoms with Crippen molar-refractivity contribution in [3.63, 3.8) is 0 Å². The smallest absolute Gasteiger partial charge is 0.351 e. The average Bonchev–Trinajstić information content (AvgIpc) is 2.60. The Morgan fingerprint density at radius 1 is 0.929 bits per heavy atom. The van der Waals surface area contributed by atoms with Crippen LogP contribution in [0.3, 0.4) is 0 Å². The van der Waals surface area contributed by atoms with Crippen LogP contribution in [0, 0.1) is 0 Å². The normalized spacial score (nSPS) is 25.7. The van der Waals surface area contributed by atoms with E-state index in [0.29, 0.717) is 0 Å². The predicted molar refractivity (Wildman–Crippen MR) is 51.0 cm³/mol. The molecule has 80 valence electrons. The van der Waals surface area contributed by atoms with Gasteiger partial charge in [-0.1, -0.05) is 0 Å². The molecule has 0 atom stereocenters. The molecular weight excluding hydrogens is 200 g/mol. The summed E-state index contributed by atoms with van der Waals surface area (Å²) in [5, 5.41) is 3.47. The molecule has 3 aliphatic rings. The SMILES string of the molecule is C1CN2CCN3CC[N+](=C23)CCN1.[Cl-]. The highest BCUT2D eigenvalue weighted by atomic mass is 35.5. The van der Waals surface area contributed by atoms with E-state index in [9.17, 15) is 0 Å². The molecule has 0 aromatic heterocycles. The Kier molecular flexibility index (Phi) is 2.83. The molecule has 1 saturated heterocycles. The van der Waals surface area contributed by atoms with Gasteiger partial charge in [-0.15, -0.1) is 0 Å². The van der Waals surface area contributed by atoms with Gasteiger partial charge in [0, 0.05) is 13.1 Å². The van der Waals surface area contributed by atoms with Crippen LogP contribution in [-0.2, 0) is 0 Å². The summed E-state index contributed by atoms with van der Waals surface area (Å²) in [6, 6.07) is 0. The third-order valence-electron chi connectivity index (χ3n) is 3.25. The highest BCUT2D eigenvalue weighted by Gasteiger charge is 2.40. The lowest BCUT2D eigenvalue weighted by molar-refractivity contribution is -0.521. The fourth-order valence-corrected chi connectivity index (χ4v) is 2.57. The van der Waals surface area contributed by atoms with E-state index in [2.05, 4.69) is 19.7 Å². The van der Waals surface area contributed by atoms with Crippen LogP contribution in [-0.4, -0.2) is 72.7 Å². The quantitative estimate of drug-likeness (QED) is 0.414. The maximum absolute atomic E-state index is 3.47. The molecule has 3 aliphatic heterocycles. The van der Waals surface area contributed by atoms with Gasteiger partial charge in [-0.3, -0.25) is 14.4 Å². The van der Waals surface area contributed by atoms with Crippen molar-refractivity contribution in [2.75, 3.05) is 52.4 Å². The molecule has 1 fully saturated rings. The van der Waals surface area contributed by atoms with Gasteiger partial charge in [0.25, 0.3) is 0 Å². The highest BCUT2D eigenvalue weighted by molar-refractivity contribution is 5.78. The molecule has 0 aromatic rings. The molecule has 0 aromatic carbocycles. The van der Waals surface area contributed by atoms with Crippen LogP contribution in [0.25, 0.3) is 0 Å². The summed E-state index contributed by atoms with van der Waals surface area (Å²) in [6.45, 7) is 9.60. The molecule has 0 spiro atoms. The zero-order valence-corrected chi connectivity index (χ0v) is 9.13. The van der Waals surface area contributed by atoms with Crippen molar-refractivity contribution in [1.29, 1.82) is 0 Å². The zero-order valence-electron chi connectivity index (χ0n) is 8.38. The van der Waals surface area contributed by atoms with Gasteiger partial charge in [0.15, 0.2) is 0 Å². The molecule has 14 heavy (non-hydrogen) atoms. The number of halogens is 1. The summed E-state index contributed by atoms with van der Waals surface area (Å²) in [5.74, 6) is 1.52. The Morgan fingerprint density at radius 2 is 1.71 bits per heavy atom. The van der Waals surface area contributed by atoms with Crippen LogP contribution < -0.4 is 17.7 Å². The molecule has 1 N–H and O–H groups in total. The predicted octanol–water partition coefficient (Wildman–Crippen LogP) is -4.41. The number of hydrogen-bond acceptors (Lipinski definition) is 3. The minimum Gasteiger partial charge on any atom is -1.00 e. The standard InChI is InChI=1S/C9H17N4.ClH/c1-3-11-5-7-13-8-6-12(9(11)13)4-2-10-1;/h10H,1-8H2;1H/q+1;/p-1. The van der Waals surface area contributed by atoms with E-state index < -0.39 is 0 Å². The summed E-state index contributed by atoms with van der Waals surface area (Å²) < 4.78 is 2.53. The second-order valence-corrected chi connectivity index (χ2v) is 4.01. The summed E-state index contributed by atoms with van der Waals surface area (Å²) in [5.41, 5.74) is 0. The Labute approximate surface area is 91.0 Å². The van der Waals surface area contributed by atoms with Crippen LogP contribution in [0.15, 0.2) is 0 Å². The maximum Gasteiger partial charge on any atom is 0.351 e.